The number of amides is 1. The predicted molar refractivity (Wildman–Crippen MR) is 76.6 cm³/mol. The van der Waals surface area contributed by atoms with Gasteiger partial charge in [0.1, 0.15) is 0 Å². The molecule has 1 N–H and O–H groups in total. The van der Waals surface area contributed by atoms with Gasteiger partial charge in [0, 0.05) is 6.20 Å². The minimum absolute atomic E-state index is 0.169. The van der Waals surface area contributed by atoms with E-state index in [-0.39, 0.29) is 16.8 Å². The first-order valence-corrected chi connectivity index (χ1v) is 6.97. The lowest BCUT2D eigenvalue weighted by atomic mass is 10.4. The maximum absolute atomic E-state index is 11.8. The van der Waals surface area contributed by atoms with Crippen LogP contribution in [0.3, 0.4) is 0 Å². The number of hydrogen-bond acceptors (Lipinski definition) is 6. The standard InChI is InChI=1S/C11H11ClN6OS/c1-2-6-18-11(15-16-17-18)20-7-9(19)14-8-4-3-5-13-10(8)12/h2-5H,1,6-7H2,(H,14,19). The molecule has 1 amide bonds. The van der Waals surface area contributed by atoms with Crippen molar-refractivity contribution in [2.75, 3.05) is 11.1 Å². The van der Waals surface area contributed by atoms with Crippen molar-refractivity contribution in [3.8, 4) is 0 Å². The van der Waals surface area contributed by atoms with Crippen molar-refractivity contribution in [2.24, 2.45) is 0 Å². The van der Waals surface area contributed by atoms with Crippen LogP contribution in [0.1, 0.15) is 0 Å². The van der Waals surface area contributed by atoms with Crippen LogP contribution in [0.2, 0.25) is 5.15 Å². The Bertz CT molecular complexity index is 616. The fourth-order valence-electron chi connectivity index (χ4n) is 1.33. The Balaban J connectivity index is 1.91. The molecule has 2 rings (SSSR count). The van der Waals surface area contributed by atoms with Gasteiger partial charge >= 0.3 is 0 Å². The van der Waals surface area contributed by atoms with E-state index in [4.69, 9.17) is 11.6 Å². The number of nitrogens with zero attached hydrogens (tertiary/aromatic N) is 5. The van der Waals surface area contributed by atoms with E-state index in [0.29, 0.717) is 17.4 Å². The zero-order valence-electron chi connectivity index (χ0n) is 10.4. The zero-order valence-corrected chi connectivity index (χ0v) is 11.9. The Morgan fingerprint density at radius 1 is 1.60 bits per heavy atom. The van der Waals surface area contributed by atoms with Gasteiger partial charge in [-0.15, -0.1) is 11.7 Å². The van der Waals surface area contributed by atoms with Gasteiger partial charge in [-0.1, -0.05) is 29.4 Å². The molecule has 20 heavy (non-hydrogen) atoms. The molecule has 0 aliphatic rings. The van der Waals surface area contributed by atoms with Gasteiger partial charge in [0.15, 0.2) is 5.15 Å². The number of allylic oxidation sites excluding steroid dienone is 1. The highest BCUT2D eigenvalue weighted by atomic mass is 35.5. The summed E-state index contributed by atoms with van der Waals surface area (Å²) in [7, 11) is 0. The fourth-order valence-corrected chi connectivity index (χ4v) is 2.19. The number of anilines is 1. The topological polar surface area (TPSA) is 85.6 Å². The van der Waals surface area contributed by atoms with Crippen LogP contribution in [0, 0.1) is 0 Å². The highest BCUT2D eigenvalue weighted by molar-refractivity contribution is 7.99. The van der Waals surface area contributed by atoms with Gasteiger partial charge in [-0.25, -0.2) is 9.67 Å². The summed E-state index contributed by atoms with van der Waals surface area (Å²) < 4.78 is 1.56. The summed E-state index contributed by atoms with van der Waals surface area (Å²) in [5.74, 6) is -0.0408. The smallest absolute Gasteiger partial charge is 0.234 e. The van der Waals surface area contributed by atoms with Crippen molar-refractivity contribution in [3.63, 3.8) is 0 Å². The van der Waals surface area contributed by atoms with E-state index in [1.165, 1.54) is 11.8 Å². The van der Waals surface area contributed by atoms with Crippen LogP contribution in [0.5, 0.6) is 0 Å². The van der Waals surface area contributed by atoms with Gasteiger partial charge < -0.3 is 5.32 Å². The molecule has 2 aromatic rings. The molecule has 0 unspecified atom stereocenters. The van der Waals surface area contributed by atoms with Crippen molar-refractivity contribution in [2.45, 2.75) is 11.7 Å². The first-order valence-electron chi connectivity index (χ1n) is 5.61. The molecule has 104 valence electrons. The number of carbonyl (C=O) groups excluding carboxylic acids is 1. The summed E-state index contributed by atoms with van der Waals surface area (Å²) in [4.78, 5) is 15.7. The minimum Gasteiger partial charge on any atom is -0.323 e. The highest BCUT2D eigenvalue weighted by Crippen LogP contribution is 2.19. The summed E-state index contributed by atoms with van der Waals surface area (Å²) in [5.41, 5.74) is 0.477. The molecule has 0 aliphatic carbocycles. The van der Waals surface area contributed by atoms with Gasteiger partial charge in [0.25, 0.3) is 0 Å². The van der Waals surface area contributed by atoms with Crippen molar-refractivity contribution >= 4 is 35.0 Å². The Hall–Kier alpha value is -1.93. The number of hydrogen-bond donors (Lipinski definition) is 1. The zero-order chi connectivity index (χ0) is 14.4. The average molecular weight is 311 g/mol. The number of halogens is 1. The SMILES string of the molecule is C=CCn1nnnc1SCC(=O)Nc1cccnc1Cl. The van der Waals surface area contributed by atoms with Crippen LogP contribution in [-0.4, -0.2) is 36.9 Å². The molecule has 7 nitrogen and oxygen atoms in total. The second-order valence-corrected chi connectivity index (χ2v) is 4.91. The number of tetrazole rings is 1. The van der Waals surface area contributed by atoms with Crippen molar-refractivity contribution in [3.05, 3.63) is 36.1 Å². The van der Waals surface area contributed by atoms with Crippen molar-refractivity contribution in [1.29, 1.82) is 0 Å². The summed E-state index contributed by atoms with van der Waals surface area (Å²) in [6.45, 7) is 4.10. The molecule has 0 bridgehead atoms. The lowest BCUT2D eigenvalue weighted by molar-refractivity contribution is -0.113. The molecule has 2 aromatic heterocycles. The van der Waals surface area contributed by atoms with E-state index in [1.54, 1.807) is 29.1 Å². The molecule has 2 heterocycles. The van der Waals surface area contributed by atoms with Gasteiger partial charge in [0.05, 0.1) is 18.0 Å². The second-order valence-electron chi connectivity index (χ2n) is 3.61. The van der Waals surface area contributed by atoms with Crippen molar-refractivity contribution < 1.29 is 4.79 Å². The Labute approximate surface area is 124 Å². The summed E-state index contributed by atoms with van der Waals surface area (Å²) >= 11 is 7.08. The van der Waals surface area contributed by atoms with Crippen LogP contribution in [-0.2, 0) is 11.3 Å². The molecule has 0 saturated carbocycles. The summed E-state index contributed by atoms with van der Waals surface area (Å²) in [5, 5.41) is 14.6. The molecule has 0 aliphatic heterocycles. The van der Waals surface area contributed by atoms with Gasteiger partial charge in [-0.2, -0.15) is 0 Å². The molecule has 0 aromatic carbocycles. The maximum atomic E-state index is 11.8. The molecule has 9 heteroatoms. The van der Waals surface area contributed by atoms with E-state index in [0.717, 1.165) is 0 Å². The molecule has 0 saturated heterocycles. The largest absolute Gasteiger partial charge is 0.323 e. The quantitative estimate of drug-likeness (QED) is 0.496. The van der Waals surface area contributed by atoms with Crippen LogP contribution in [0.25, 0.3) is 0 Å². The third-order valence-electron chi connectivity index (χ3n) is 2.17. The first kappa shape index (κ1) is 14.5. The van der Waals surface area contributed by atoms with Crippen molar-refractivity contribution in [1.82, 2.24) is 25.2 Å². The number of rotatable bonds is 6. The van der Waals surface area contributed by atoms with Gasteiger partial charge in [-0.3, -0.25) is 4.79 Å². The number of pyridine rings is 1. The van der Waals surface area contributed by atoms with Gasteiger partial charge in [-0.05, 0) is 22.6 Å². The van der Waals surface area contributed by atoms with Crippen LogP contribution >= 0.6 is 23.4 Å². The third-order valence-corrected chi connectivity index (χ3v) is 3.42. The molecule has 0 fully saturated rings. The number of nitrogens with one attached hydrogen (secondary N) is 1. The van der Waals surface area contributed by atoms with E-state index in [2.05, 4.69) is 32.4 Å². The van der Waals surface area contributed by atoms with Crippen LogP contribution in [0.4, 0.5) is 5.69 Å². The average Bonchev–Trinajstić information content (AvgIpc) is 2.87. The van der Waals surface area contributed by atoms with Crippen LogP contribution in [0.15, 0.2) is 36.1 Å². The Morgan fingerprint density at radius 2 is 2.45 bits per heavy atom. The number of thioether (sulfide) groups is 1. The summed E-state index contributed by atoms with van der Waals surface area (Å²) in [6.07, 6.45) is 3.23. The number of carbonyl (C=O) groups is 1. The van der Waals surface area contributed by atoms with E-state index >= 15 is 0 Å². The first-order chi connectivity index (χ1) is 9.70. The molecular formula is C11H11ClN6OS. The fraction of sp³-hybridized carbons (Fsp3) is 0.182. The minimum atomic E-state index is -0.210. The molecule has 0 spiro atoms. The lowest BCUT2D eigenvalue weighted by Crippen LogP contribution is -2.15. The second kappa shape index (κ2) is 7.01. The normalized spacial score (nSPS) is 10.2. The summed E-state index contributed by atoms with van der Waals surface area (Å²) in [6, 6.07) is 3.37. The lowest BCUT2D eigenvalue weighted by Gasteiger charge is -2.05. The van der Waals surface area contributed by atoms with E-state index < -0.39 is 0 Å². The highest BCUT2D eigenvalue weighted by Gasteiger charge is 2.10. The monoisotopic (exact) mass is 310 g/mol. The molecule has 0 radical (unpaired) electrons. The molecular weight excluding hydrogens is 300 g/mol. The molecule has 0 atom stereocenters. The van der Waals surface area contributed by atoms with Crippen LogP contribution < -0.4 is 5.32 Å². The Kier molecular flexibility index (Phi) is 5.08. The number of aromatic nitrogens is 5. The van der Waals surface area contributed by atoms with Gasteiger partial charge in [0.2, 0.25) is 11.1 Å². The van der Waals surface area contributed by atoms with E-state index in [9.17, 15) is 4.79 Å². The Morgan fingerprint density at radius 3 is 3.20 bits per heavy atom. The van der Waals surface area contributed by atoms with E-state index in [1.807, 2.05) is 0 Å². The third kappa shape index (κ3) is 3.78. The maximum Gasteiger partial charge on any atom is 0.234 e. The predicted octanol–water partition coefficient (Wildman–Crippen LogP) is 1.64.